The Balaban J connectivity index is 1.71. The molecular formula is C23H22N4O4. The van der Waals surface area contributed by atoms with Gasteiger partial charge in [-0.1, -0.05) is 37.3 Å². The van der Waals surface area contributed by atoms with E-state index in [1.807, 2.05) is 42.5 Å². The highest BCUT2D eigenvalue weighted by Gasteiger charge is 2.30. The average molecular weight is 418 g/mol. The third-order valence-electron chi connectivity index (χ3n) is 5.19. The summed E-state index contributed by atoms with van der Waals surface area (Å²) in [5.74, 6) is -0.616. The van der Waals surface area contributed by atoms with Crippen LogP contribution < -0.4 is 15.4 Å². The summed E-state index contributed by atoms with van der Waals surface area (Å²) in [6.07, 6.45) is 3.88. The van der Waals surface area contributed by atoms with Crippen molar-refractivity contribution in [2.24, 2.45) is 0 Å². The first-order valence-corrected chi connectivity index (χ1v) is 9.84. The molecule has 0 bridgehead atoms. The number of allylic oxidation sites excluding steroid dienone is 1. The predicted octanol–water partition coefficient (Wildman–Crippen LogP) is 3.69. The lowest BCUT2D eigenvalue weighted by Gasteiger charge is -2.25. The second-order valence-electron chi connectivity index (χ2n) is 7.05. The van der Waals surface area contributed by atoms with Crippen molar-refractivity contribution in [2.75, 3.05) is 17.7 Å². The van der Waals surface area contributed by atoms with Crippen molar-refractivity contribution >= 4 is 23.4 Å². The molecule has 0 spiro atoms. The van der Waals surface area contributed by atoms with E-state index < -0.39 is 12.0 Å². The Labute approximate surface area is 179 Å². The van der Waals surface area contributed by atoms with Crippen molar-refractivity contribution in [1.82, 2.24) is 9.78 Å². The predicted molar refractivity (Wildman–Crippen MR) is 116 cm³/mol. The number of amides is 1. The fourth-order valence-corrected chi connectivity index (χ4v) is 3.54. The number of carbonyl (C=O) groups excluding carboxylic acids is 1. The van der Waals surface area contributed by atoms with Crippen LogP contribution in [0.25, 0.3) is 0 Å². The molecule has 8 nitrogen and oxygen atoms in total. The van der Waals surface area contributed by atoms with Gasteiger partial charge in [-0.05, 0) is 36.3 Å². The third kappa shape index (κ3) is 3.87. The molecule has 2 aromatic carbocycles. The summed E-state index contributed by atoms with van der Waals surface area (Å²) in [7, 11) is 1.55. The van der Waals surface area contributed by atoms with Crippen LogP contribution >= 0.6 is 0 Å². The molecule has 1 amide bonds. The van der Waals surface area contributed by atoms with Crippen LogP contribution in [0, 0.1) is 0 Å². The lowest BCUT2D eigenvalue weighted by molar-refractivity contribution is -0.132. The molecule has 0 saturated heterocycles. The number of aromatic nitrogens is 2. The van der Waals surface area contributed by atoms with Crippen molar-refractivity contribution in [2.45, 2.75) is 19.4 Å². The second kappa shape index (κ2) is 8.35. The van der Waals surface area contributed by atoms with Gasteiger partial charge in [0.05, 0.1) is 13.3 Å². The SMILES string of the molecule is CCc1ccc(NC(=O)c2cnn3c2NC(C(=O)O)=CC3c2ccccc2OC)cc1. The molecule has 0 radical (unpaired) electrons. The number of benzene rings is 2. The molecule has 1 aliphatic rings. The number of para-hydroxylation sites is 1. The quantitative estimate of drug-likeness (QED) is 0.564. The number of rotatable bonds is 6. The van der Waals surface area contributed by atoms with Gasteiger partial charge in [0.25, 0.3) is 5.91 Å². The first-order valence-electron chi connectivity index (χ1n) is 9.84. The number of hydrogen-bond acceptors (Lipinski definition) is 5. The van der Waals surface area contributed by atoms with E-state index in [4.69, 9.17) is 4.74 Å². The molecule has 158 valence electrons. The first-order chi connectivity index (χ1) is 15.0. The van der Waals surface area contributed by atoms with E-state index >= 15 is 0 Å². The van der Waals surface area contributed by atoms with Gasteiger partial charge < -0.3 is 20.5 Å². The average Bonchev–Trinajstić information content (AvgIpc) is 3.23. The number of aryl methyl sites for hydroxylation is 1. The molecule has 0 fully saturated rings. The number of carbonyl (C=O) groups is 2. The van der Waals surface area contributed by atoms with Crippen LogP contribution in [0.4, 0.5) is 11.5 Å². The van der Waals surface area contributed by atoms with Gasteiger partial charge in [-0.2, -0.15) is 5.10 Å². The lowest BCUT2D eigenvalue weighted by Crippen LogP contribution is -2.26. The van der Waals surface area contributed by atoms with Crippen LogP contribution in [0.15, 0.2) is 66.5 Å². The Hall–Kier alpha value is -4.07. The molecule has 31 heavy (non-hydrogen) atoms. The number of ether oxygens (including phenoxy) is 1. The number of carboxylic acid groups (broad SMARTS) is 1. The largest absolute Gasteiger partial charge is 0.496 e. The standard InChI is InChI=1S/C23H22N4O4/c1-3-14-8-10-15(11-9-14)25-22(28)17-13-24-27-19(12-18(23(29)30)26-21(17)27)16-6-4-5-7-20(16)31-2/h4-13,19,26H,3H2,1-2H3,(H,25,28)(H,29,30). The van der Waals surface area contributed by atoms with Crippen LogP contribution in [0.3, 0.4) is 0 Å². The number of hydrogen-bond donors (Lipinski definition) is 3. The molecule has 0 saturated carbocycles. The van der Waals surface area contributed by atoms with Crippen LogP contribution in [-0.2, 0) is 11.2 Å². The minimum atomic E-state index is -1.13. The summed E-state index contributed by atoms with van der Waals surface area (Å²) in [5.41, 5.74) is 2.75. The molecule has 3 aromatic rings. The number of carboxylic acids is 1. The number of anilines is 2. The molecule has 1 atom stereocenters. The summed E-state index contributed by atoms with van der Waals surface area (Å²) >= 11 is 0. The van der Waals surface area contributed by atoms with Gasteiger partial charge in [-0.3, -0.25) is 4.79 Å². The zero-order chi connectivity index (χ0) is 22.0. The van der Waals surface area contributed by atoms with Gasteiger partial charge in [-0.25, -0.2) is 9.48 Å². The van der Waals surface area contributed by atoms with Crippen molar-refractivity contribution in [3.8, 4) is 5.75 Å². The van der Waals surface area contributed by atoms with E-state index in [1.165, 1.54) is 11.8 Å². The Bertz CT molecular complexity index is 1160. The Morgan fingerprint density at radius 1 is 1.19 bits per heavy atom. The molecule has 3 N–H and O–H groups in total. The number of methoxy groups -OCH3 is 1. The van der Waals surface area contributed by atoms with Gasteiger partial charge in [-0.15, -0.1) is 0 Å². The molecule has 1 aliphatic heterocycles. The molecule has 4 rings (SSSR count). The van der Waals surface area contributed by atoms with Crippen molar-refractivity contribution in [1.29, 1.82) is 0 Å². The molecular weight excluding hydrogens is 396 g/mol. The Morgan fingerprint density at radius 3 is 2.61 bits per heavy atom. The zero-order valence-electron chi connectivity index (χ0n) is 17.1. The maximum atomic E-state index is 12.9. The normalized spacial score (nSPS) is 14.8. The Morgan fingerprint density at radius 2 is 1.94 bits per heavy atom. The van der Waals surface area contributed by atoms with Crippen LogP contribution in [0.1, 0.15) is 34.5 Å². The molecule has 1 unspecified atom stereocenters. The zero-order valence-corrected chi connectivity index (χ0v) is 17.1. The molecule has 8 heteroatoms. The third-order valence-corrected chi connectivity index (χ3v) is 5.19. The summed E-state index contributed by atoms with van der Waals surface area (Å²) < 4.78 is 7.03. The van der Waals surface area contributed by atoms with Crippen molar-refractivity contribution in [3.63, 3.8) is 0 Å². The summed E-state index contributed by atoms with van der Waals surface area (Å²) in [4.78, 5) is 24.7. The second-order valence-corrected chi connectivity index (χ2v) is 7.05. The van der Waals surface area contributed by atoms with Crippen LogP contribution in [-0.4, -0.2) is 33.9 Å². The van der Waals surface area contributed by atoms with E-state index in [-0.39, 0.29) is 17.2 Å². The smallest absolute Gasteiger partial charge is 0.352 e. The van der Waals surface area contributed by atoms with Crippen LogP contribution in [0.5, 0.6) is 5.75 Å². The minimum Gasteiger partial charge on any atom is -0.496 e. The first kappa shape index (κ1) is 20.2. The van der Waals surface area contributed by atoms with Crippen molar-refractivity contribution < 1.29 is 19.4 Å². The highest BCUT2D eigenvalue weighted by atomic mass is 16.5. The monoisotopic (exact) mass is 418 g/mol. The van der Waals surface area contributed by atoms with E-state index in [0.717, 1.165) is 12.0 Å². The fourth-order valence-electron chi connectivity index (χ4n) is 3.54. The Kier molecular flexibility index (Phi) is 5.44. The molecule has 0 aliphatic carbocycles. The maximum Gasteiger partial charge on any atom is 0.352 e. The maximum absolute atomic E-state index is 12.9. The van der Waals surface area contributed by atoms with Gasteiger partial charge >= 0.3 is 5.97 Å². The molecule has 2 heterocycles. The minimum absolute atomic E-state index is 0.0368. The van der Waals surface area contributed by atoms with E-state index in [9.17, 15) is 14.7 Å². The van der Waals surface area contributed by atoms with Crippen LogP contribution in [0.2, 0.25) is 0 Å². The van der Waals surface area contributed by atoms with Gasteiger partial charge in [0, 0.05) is 11.3 Å². The lowest BCUT2D eigenvalue weighted by atomic mass is 10.0. The highest BCUT2D eigenvalue weighted by molar-refractivity contribution is 6.08. The van der Waals surface area contributed by atoms with Crippen molar-refractivity contribution in [3.05, 3.63) is 83.2 Å². The summed E-state index contributed by atoms with van der Waals surface area (Å²) in [5, 5.41) is 19.7. The van der Waals surface area contributed by atoms with Gasteiger partial charge in [0.15, 0.2) is 0 Å². The number of aliphatic carboxylic acids is 1. The van der Waals surface area contributed by atoms with Gasteiger partial charge in [0.2, 0.25) is 0 Å². The topological polar surface area (TPSA) is 105 Å². The van der Waals surface area contributed by atoms with E-state index in [2.05, 4.69) is 22.7 Å². The number of nitrogens with zero attached hydrogens (tertiary/aromatic N) is 2. The highest BCUT2D eigenvalue weighted by Crippen LogP contribution is 2.36. The van der Waals surface area contributed by atoms with E-state index in [1.54, 1.807) is 23.9 Å². The number of fused-ring (bicyclic) bond motifs is 1. The molecule has 1 aromatic heterocycles. The summed E-state index contributed by atoms with van der Waals surface area (Å²) in [6.45, 7) is 2.06. The summed E-state index contributed by atoms with van der Waals surface area (Å²) in [6, 6.07) is 14.3. The van der Waals surface area contributed by atoms with Gasteiger partial charge in [0.1, 0.15) is 28.9 Å². The number of nitrogens with one attached hydrogen (secondary N) is 2. The fraction of sp³-hybridized carbons (Fsp3) is 0.174. The van der Waals surface area contributed by atoms with E-state index in [0.29, 0.717) is 17.3 Å².